The molecule has 36 heavy (non-hydrogen) atoms. The molecule has 2 aromatic carbocycles. The maximum absolute atomic E-state index is 13.6. The van der Waals surface area contributed by atoms with E-state index in [1.165, 1.54) is 42.0 Å². The molecule has 192 valence electrons. The van der Waals surface area contributed by atoms with Crippen LogP contribution in [0.3, 0.4) is 0 Å². The molecule has 1 N–H and O–H groups in total. The molecule has 0 atom stereocenters. The van der Waals surface area contributed by atoms with Crippen LogP contribution in [0.1, 0.15) is 24.4 Å². The first-order valence-corrected chi connectivity index (χ1v) is 11.5. The third kappa shape index (κ3) is 4.91. The number of nitrogens with zero attached hydrogens (tertiary/aromatic N) is 3. The third-order valence-corrected chi connectivity index (χ3v) is 6.38. The SMILES string of the molecule is COc1ccc(Cn2c(=O)c3cc(OC(CF)CF)ccc3n(C3CCN(C=O)CC3)c2=O)cc1O. The van der Waals surface area contributed by atoms with Crippen molar-refractivity contribution in [1.82, 2.24) is 14.0 Å². The number of carbonyl (C=O) groups excluding carboxylic acids is 1. The molecule has 0 aliphatic carbocycles. The number of aromatic nitrogens is 2. The lowest BCUT2D eigenvalue weighted by atomic mass is 10.0. The lowest BCUT2D eigenvalue weighted by Crippen LogP contribution is -2.44. The number of phenolic OH excluding ortho intramolecular Hbond substituents is 1. The molecule has 1 aliphatic heterocycles. The van der Waals surface area contributed by atoms with Gasteiger partial charge >= 0.3 is 5.69 Å². The van der Waals surface area contributed by atoms with Crippen molar-refractivity contribution in [2.45, 2.75) is 31.5 Å². The summed E-state index contributed by atoms with van der Waals surface area (Å²) in [4.78, 5) is 39.9. The zero-order valence-corrected chi connectivity index (χ0v) is 19.7. The van der Waals surface area contributed by atoms with Crippen LogP contribution in [0.15, 0.2) is 46.0 Å². The summed E-state index contributed by atoms with van der Waals surface area (Å²) in [7, 11) is 1.41. The number of carbonyl (C=O) groups is 1. The highest BCUT2D eigenvalue weighted by atomic mass is 19.1. The van der Waals surface area contributed by atoms with Gasteiger partial charge in [0.25, 0.3) is 5.56 Å². The van der Waals surface area contributed by atoms with Crippen molar-refractivity contribution in [1.29, 1.82) is 0 Å². The summed E-state index contributed by atoms with van der Waals surface area (Å²) in [6, 6.07) is 8.70. The van der Waals surface area contributed by atoms with Crippen molar-refractivity contribution >= 4 is 17.3 Å². The Hall–Kier alpha value is -3.89. The molecule has 0 radical (unpaired) electrons. The first-order chi connectivity index (χ1) is 17.4. The minimum absolute atomic E-state index is 0.106. The van der Waals surface area contributed by atoms with Crippen molar-refractivity contribution in [2.75, 3.05) is 33.5 Å². The van der Waals surface area contributed by atoms with Crippen molar-refractivity contribution in [3.8, 4) is 17.2 Å². The van der Waals surface area contributed by atoms with Gasteiger partial charge in [-0.15, -0.1) is 0 Å². The van der Waals surface area contributed by atoms with Crippen LogP contribution in [-0.4, -0.2) is 65.2 Å². The number of likely N-dealkylation sites (tertiary alicyclic amines) is 1. The van der Waals surface area contributed by atoms with Gasteiger partial charge in [0.2, 0.25) is 6.41 Å². The monoisotopic (exact) mass is 503 g/mol. The number of amides is 1. The van der Waals surface area contributed by atoms with Crippen molar-refractivity contribution < 1.29 is 28.2 Å². The lowest BCUT2D eigenvalue weighted by molar-refractivity contribution is -0.119. The molecular weight excluding hydrogens is 476 g/mol. The van der Waals surface area contributed by atoms with Crippen molar-refractivity contribution in [3.05, 3.63) is 62.8 Å². The normalized spacial score (nSPS) is 14.4. The quantitative estimate of drug-likeness (QED) is 0.450. The second-order valence-electron chi connectivity index (χ2n) is 8.65. The number of halogens is 2. The first kappa shape index (κ1) is 25.2. The molecular formula is C25H27F2N3O6. The Balaban J connectivity index is 1.85. The van der Waals surface area contributed by atoms with Gasteiger partial charge in [-0.1, -0.05) is 6.07 Å². The summed E-state index contributed by atoms with van der Waals surface area (Å²) in [5, 5.41) is 10.3. The molecule has 4 rings (SSSR count). The third-order valence-electron chi connectivity index (χ3n) is 6.38. The van der Waals surface area contributed by atoms with Gasteiger partial charge in [0, 0.05) is 19.1 Å². The predicted molar refractivity (Wildman–Crippen MR) is 129 cm³/mol. The van der Waals surface area contributed by atoms with Crippen LogP contribution in [0, 0.1) is 0 Å². The highest BCUT2D eigenvalue weighted by Gasteiger charge is 2.25. The van der Waals surface area contributed by atoms with E-state index in [4.69, 9.17) is 9.47 Å². The summed E-state index contributed by atoms with van der Waals surface area (Å²) >= 11 is 0. The molecule has 1 amide bonds. The van der Waals surface area contributed by atoms with Crippen molar-refractivity contribution in [2.24, 2.45) is 0 Å². The van der Waals surface area contributed by atoms with E-state index < -0.39 is 30.7 Å². The molecule has 9 nitrogen and oxygen atoms in total. The summed E-state index contributed by atoms with van der Waals surface area (Å²) in [5.74, 6) is 0.222. The molecule has 11 heteroatoms. The molecule has 0 unspecified atom stereocenters. The Morgan fingerprint density at radius 2 is 1.83 bits per heavy atom. The van der Waals surface area contributed by atoms with Crippen molar-refractivity contribution in [3.63, 3.8) is 0 Å². The molecule has 0 saturated carbocycles. The zero-order valence-electron chi connectivity index (χ0n) is 19.7. The Labute approximate surface area is 205 Å². The number of ether oxygens (including phenoxy) is 2. The fraction of sp³-hybridized carbons (Fsp3) is 0.400. The van der Waals surface area contributed by atoms with E-state index in [9.17, 15) is 28.3 Å². The Bertz CT molecular complexity index is 1360. The van der Waals surface area contributed by atoms with Gasteiger partial charge < -0.3 is 19.5 Å². The van der Waals surface area contributed by atoms with Crippen LogP contribution in [0.5, 0.6) is 17.2 Å². The number of piperidine rings is 1. The lowest BCUT2D eigenvalue weighted by Gasteiger charge is -2.31. The van der Waals surface area contributed by atoms with Gasteiger partial charge in [-0.05, 0) is 48.7 Å². The van der Waals surface area contributed by atoms with Crippen LogP contribution < -0.4 is 20.7 Å². The van der Waals surface area contributed by atoms with E-state index in [1.807, 2.05) is 0 Å². The second kappa shape index (κ2) is 10.8. The number of hydrogen-bond donors (Lipinski definition) is 1. The van der Waals surface area contributed by atoms with Gasteiger partial charge in [-0.2, -0.15) is 0 Å². The largest absolute Gasteiger partial charge is 0.504 e. The molecule has 3 aromatic rings. The molecule has 1 aliphatic rings. The first-order valence-electron chi connectivity index (χ1n) is 11.5. The average molecular weight is 504 g/mol. The Morgan fingerprint density at radius 1 is 1.11 bits per heavy atom. The van der Waals surface area contributed by atoms with Crippen LogP contribution in [0.2, 0.25) is 0 Å². The van der Waals surface area contributed by atoms with Gasteiger partial charge in [-0.25, -0.2) is 13.6 Å². The number of benzene rings is 2. The smallest absolute Gasteiger partial charge is 0.332 e. The van der Waals surface area contributed by atoms with Gasteiger partial charge in [0.05, 0.1) is 24.6 Å². The fourth-order valence-electron chi connectivity index (χ4n) is 4.49. The van der Waals surface area contributed by atoms with E-state index in [0.717, 1.165) is 11.0 Å². The van der Waals surface area contributed by atoms with E-state index in [1.54, 1.807) is 11.0 Å². The highest BCUT2D eigenvalue weighted by Crippen LogP contribution is 2.28. The van der Waals surface area contributed by atoms with E-state index in [-0.39, 0.29) is 35.2 Å². The molecule has 0 bridgehead atoms. The number of rotatable bonds is 9. The summed E-state index contributed by atoms with van der Waals surface area (Å²) in [6.07, 6.45) is 0.494. The summed E-state index contributed by atoms with van der Waals surface area (Å²) in [6.45, 7) is -1.27. The predicted octanol–water partition coefficient (Wildman–Crippen LogP) is 2.41. The number of methoxy groups -OCH3 is 1. The van der Waals surface area contributed by atoms with Crippen LogP contribution in [0.4, 0.5) is 8.78 Å². The van der Waals surface area contributed by atoms with Crippen LogP contribution >= 0.6 is 0 Å². The molecule has 0 spiro atoms. The van der Waals surface area contributed by atoms with Gasteiger partial charge in [0.1, 0.15) is 19.1 Å². The molecule has 1 aromatic heterocycles. The van der Waals surface area contributed by atoms with E-state index >= 15 is 0 Å². The van der Waals surface area contributed by atoms with E-state index in [0.29, 0.717) is 37.0 Å². The molecule has 2 heterocycles. The fourth-order valence-corrected chi connectivity index (χ4v) is 4.49. The van der Waals surface area contributed by atoms with E-state index in [2.05, 4.69) is 0 Å². The van der Waals surface area contributed by atoms with Gasteiger partial charge in [0.15, 0.2) is 17.6 Å². The van der Waals surface area contributed by atoms with Gasteiger partial charge in [-0.3, -0.25) is 18.7 Å². The number of fused-ring (bicyclic) bond motifs is 1. The topological polar surface area (TPSA) is 103 Å². The Morgan fingerprint density at radius 3 is 2.44 bits per heavy atom. The summed E-state index contributed by atoms with van der Waals surface area (Å²) in [5.41, 5.74) is -0.273. The second-order valence-corrected chi connectivity index (χ2v) is 8.65. The minimum Gasteiger partial charge on any atom is -0.504 e. The number of alkyl halides is 2. The molecule has 1 fully saturated rings. The zero-order chi connectivity index (χ0) is 25.8. The van der Waals surface area contributed by atoms with Crippen LogP contribution in [0.25, 0.3) is 10.9 Å². The minimum atomic E-state index is -1.30. The Kier molecular flexibility index (Phi) is 7.56. The summed E-state index contributed by atoms with van der Waals surface area (Å²) < 4.78 is 39.0. The number of phenols is 1. The maximum Gasteiger partial charge on any atom is 0.332 e. The average Bonchev–Trinajstić information content (AvgIpc) is 2.90. The number of aromatic hydroxyl groups is 1. The number of hydrogen-bond acceptors (Lipinski definition) is 6. The maximum atomic E-state index is 13.6. The van der Waals surface area contributed by atoms with Crippen LogP contribution in [-0.2, 0) is 11.3 Å². The molecule has 1 saturated heterocycles. The highest BCUT2D eigenvalue weighted by molar-refractivity contribution is 5.80. The standard InChI is InChI=1S/C25H27F2N3O6/c1-35-23-5-2-16(10-22(23)32)14-29-24(33)20-11-18(36-19(12-26)13-27)3-4-21(20)30(25(29)34)17-6-8-28(15-31)9-7-17/h2-5,10-11,15,17,19,32H,6-9,12-14H2,1H3.